The van der Waals surface area contributed by atoms with Gasteiger partial charge in [0.25, 0.3) is 11.8 Å². The van der Waals surface area contributed by atoms with Gasteiger partial charge >= 0.3 is 5.97 Å². The fourth-order valence-corrected chi connectivity index (χ4v) is 5.42. The number of rotatable bonds is 5. The molecule has 3 aromatic carbocycles. The molecule has 2 amide bonds. The Morgan fingerprint density at radius 3 is 2.46 bits per heavy atom. The van der Waals surface area contributed by atoms with Crippen molar-refractivity contribution in [2.45, 2.75) is 31.2 Å². The number of aryl methyl sites for hydroxylation is 1. The Bertz CT molecular complexity index is 1400. The summed E-state index contributed by atoms with van der Waals surface area (Å²) in [6.07, 6.45) is 0.426. The van der Waals surface area contributed by atoms with Gasteiger partial charge in [0.15, 0.2) is 0 Å². The lowest BCUT2D eigenvalue weighted by Gasteiger charge is -2.23. The first-order valence-corrected chi connectivity index (χ1v) is 12.1. The van der Waals surface area contributed by atoms with Gasteiger partial charge in [0.1, 0.15) is 6.04 Å². The second-order valence-corrected chi connectivity index (χ2v) is 9.44. The average molecular weight is 505 g/mol. The van der Waals surface area contributed by atoms with Gasteiger partial charge in [-0.15, -0.1) is 0 Å². The van der Waals surface area contributed by atoms with Crippen molar-refractivity contribution < 1.29 is 27.9 Å². The van der Waals surface area contributed by atoms with Gasteiger partial charge in [0, 0.05) is 29.2 Å². The number of fused-ring (bicyclic) bond motifs is 3. The van der Waals surface area contributed by atoms with Crippen LogP contribution in [0.15, 0.2) is 66.7 Å². The Morgan fingerprint density at radius 1 is 1.00 bits per heavy atom. The second kappa shape index (κ2) is 9.42. The van der Waals surface area contributed by atoms with Crippen LogP contribution in [0.3, 0.4) is 0 Å². The molecule has 1 aliphatic heterocycles. The number of hydrogen-bond donors (Lipinski definition) is 1. The van der Waals surface area contributed by atoms with Crippen LogP contribution >= 0.6 is 0 Å². The first-order valence-electron chi connectivity index (χ1n) is 12.1. The number of nitrogens with zero attached hydrogens (tertiary/aromatic N) is 1. The number of alkyl halides is 2. The predicted octanol–water partition coefficient (Wildman–Crippen LogP) is 4.40. The van der Waals surface area contributed by atoms with Gasteiger partial charge in [0.2, 0.25) is 5.91 Å². The highest BCUT2D eigenvalue weighted by molar-refractivity contribution is 5.99. The van der Waals surface area contributed by atoms with Crippen LogP contribution in [0.2, 0.25) is 0 Å². The topological polar surface area (TPSA) is 75.7 Å². The molecule has 6 nitrogen and oxygen atoms in total. The number of esters is 1. The van der Waals surface area contributed by atoms with Crippen LogP contribution in [-0.2, 0) is 20.2 Å². The first kappa shape index (κ1) is 24.6. The normalized spacial score (nSPS) is 19.2. The summed E-state index contributed by atoms with van der Waals surface area (Å²) < 4.78 is 34.6. The molecule has 2 aliphatic rings. The van der Waals surface area contributed by atoms with Gasteiger partial charge in [-0.1, -0.05) is 54.6 Å². The lowest BCUT2D eigenvalue weighted by Crippen LogP contribution is -2.46. The molecule has 37 heavy (non-hydrogen) atoms. The van der Waals surface area contributed by atoms with Gasteiger partial charge < -0.3 is 15.0 Å². The minimum absolute atomic E-state index is 0.0385. The first-order chi connectivity index (χ1) is 17.7. The van der Waals surface area contributed by atoms with E-state index in [9.17, 15) is 23.2 Å². The minimum Gasteiger partial charge on any atom is -0.467 e. The smallest absolute Gasteiger partial charge is 0.328 e. The van der Waals surface area contributed by atoms with Crippen molar-refractivity contribution in [1.29, 1.82) is 0 Å². The molecule has 190 valence electrons. The minimum atomic E-state index is -3.14. The Hall–Kier alpha value is -4.07. The molecule has 0 aromatic heterocycles. The maximum atomic E-state index is 14.8. The van der Waals surface area contributed by atoms with Crippen molar-refractivity contribution in [1.82, 2.24) is 10.2 Å². The summed E-state index contributed by atoms with van der Waals surface area (Å²) in [5.74, 6) is -4.66. The van der Waals surface area contributed by atoms with E-state index in [2.05, 4.69) is 5.32 Å². The molecule has 1 saturated heterocycles. The van der Waals surface area contributed by atoms with Crippen molar-refractivity contribution >= 4 is 17.8 Å². The van der Waals surface area contributed by atoms with Crippen LogP contribution < -0.4 is 5.32 Å². The molecule has 3 aromatic rings. The molecule has 2 atom stereocenters. The Balaban J connectivity index is 1.31. The van der Waals surface area contributed by atoms with E-state index in [0.717, 1.165) is 11.1 Å². The van der Waals surface area contributed by atoms with Crippen molar-refractivity contribution in [3.05, 3.63) is 94.5 Å². The molecule has 5 rings (SSSR count). The van der Waals surface area contributed by atoms with Gasteiger partial charge in [-0.3, -0.25) is 9.59 Å². The number of nitrogens with one attached hydrogen (secondary N) is 1. The number of ether oxygens (including phenoxy) is 1. The summed E-state index contributed by atoms with van der Waals surface area (Å²) in [7, 11) is 1.28. The van der Waals surface area contributed by atoms with Crippen LogP contribution in [0.4, 0.5) is 8.78 Å². The number of likely N-dealkylation sites (tertiary alicyclic amines) is 1. The van der Waals surface area contributed by atoms with Crippen LogP contribution in [0.1, 0.15) is 45.0 Å². The lowest BCUT2D eigenvalue weighted by molar-refractivity contribution is -0.150. The molecule has 1 N–H and O–H groups in total. The molecule has 0 bridgehead atoms. The third-order valence-corrected chi connectivity index (χ3v) is 7.30. The average Bonchev–Trinajstić information content (AvgIpc) is 3.45. The molecule has 0 unspecified atom stereocenters. The fraction of sp³-hybridized carbons (Fsp3) is 0.276. The summed E-state index contributed by atoms with van der Waals surface area (Å²) in [5.41, 5.74) is 2.74. The molecule has 1 fully saturated rings. The Kier molecular flexibility index (Phi) is 6.27. The Morgan fingerprint density at radius 2 is 1.70 bits per heavy atom. The fourth-order valence-electron chi connectivity index (χ4n) is 5.42. The standard InChI is InChI=1S/C29H26F2N2O4/c1-17-7-3-4-8-20(17)19-14-25(28(36)37-2)33(16-19)26(34)15-32-27(35)18-11-12-24-22(13-18)21-9-5-6-10-23(21)29(24,30)31/h3-13,19,25H,14-16H2,1-2H3,(H,32,35)/t19-,25-/m0/s1. The van der Waals surface area contributed by atoms with Crippen LogP contribution in [-0.4, -0.2) is 48.9 Å². The number of methoxy groups -OCH3 is 1. The highest BCUT2D eigenvalue weighted by Crippen LogP contribution is 2.50. The molecule has 1 heterocycles. The largest absolute Gasteiger partial charge is 0.467 e. The van der Waals surface area contributed by atoms with Gasteiger partial charge in [-0.05, 0) is 47.7 Å². The molecular formula is C29H26F2N2O4. The molecule has 1 aliphatic carbocycles. The lowest BCUT2D eigenvalue weighted by atomic mass is 9.93. The highest BCUT2D eigenvalue weighted by Gasteiger charge is 2.44. The number of benzene rings is 3. The number of carbonyl (C=O) groups is 3. The van der Waals surface area contributed by atoms with E-state index in [-0.39, 0.29) is 29.2 Å². The van der Waals surface area contributed by atoms with E-state index < -0.39 is 29.7 Å². The number of carbonyl (C=O) groups excluding carboxylic acids is 3. The van der Waals surface area contributed by atoms with E-state index in [4.69, 9.17) is 4.74 Å². The molecule has 0 saturated carbocycles. The van der Waals surface area contributed by atoms with E-state index >= 15 is 0 Å². The molecule has 8 heteroatoms. The van der Waals surface area contributed by atoms with E-state index in [1.165, 1.54) is 36.3 Å². The molecule has 0 spiro atoms. The van der Waals surface area contributed by atoms with Gasteiger partial charge in [-0.25, -0.2) is 4.79 Å². The number of hydrogen-bond acceptors (Lipinski definition) is 4. The second-order valence-electron chi connectivity index (χ2n) is 9.44. The SMILES string of the molecule is COC(=O)[C@@H]1C[C@H](c2ccccc2C)CN1C(=O)CNC(=O)c1ccc2c(c1)-c1ccccc1C2(F)F. The number of halogens is 2. The van der Waals surface area contributed by atoms with E-state index in [0.29, 0.717) is 24.1 Å². The van der Waals surface area contributed by atoms with Gasteiger partial charge in [0.05, 0.1) is 13.7 Å². The zero-order chi connectivity index (χ0) is 26.3. The van der Waals surface area contributed by atoms with Crippen molar-refractivity contribution in [2.75, 3.05) is 20.2 Å². The summed E-state index contributed by atoms with van der Waals surface area (Å²) >= 11 is 0. The highest BCUT2D eigenvalue weighted by atomic mass is 19.3. The Labute approximate surface area is 213 Å². The third kappa shape index (κ3) is 4.26. The summed E-state index contributed by atoms with van der Waals surface area (Å²) in [6.45, 7) is 1.97. The number of amides is 2. The van der Waals surface area contributed by atoms with E-state index in [1.807, 2.05) is 31.2 Å². The van der Waals surface area contributed by atoms with Crippen molar-refractivity contribution in [3.8, 4) is 11.1 Å². The van der Waals surface area contributed by atoms with Gasteiger partial charge in [-0.2, -0.15) is 8.78 Å². The summed E-state index contributed by atoms with van der Waals surface area (Å²) in [4.78, 5) is 39.9. The van der Waals surface area contributed by atoms with Crippen LogP contribution in [0.5, 0.6) is 0 Å². The zero-order valence-electron chi connectivity index (χ0n) is 20.5. The molecule has 0 radical (unpaired) electrons. The summed E-state index contributed by atoms with van der Waals surface area (Å²) in [5, 5.41) is 2.59. The van der Waals surface area contributed by atoms with Crippen molar-refractivity contribution in [3.63, 3.8) is 0 Å². The summed E-state index contributed by atoms with van der Waals surface area (Å²) in [6, 6.07) is 17.3. The quantitative estimate of drug-likeness (QED) is 0.523. The van der Waals surface area contributed by atoms with Crippen molar-refractivity contribution in [2.24, 2.45) is 0 Å². The zero-order valence-corrected chi connectivity index (χ0v) is 20.5. The molecular weight excluding hydrogens is 478 g/mol. The van der Waals surface area contributed by atoms with Crippen LogP contribution in [0.25, 0.3) is 11.1 Å². The maximum Gasteiger partial charge on any atom is 0.328 e. The third-order valence-electron chi connectivity index (χ3n) is 7.30. The predicted molar refractivity (Wildman–Crippen MR) is 133 cm³/mol. The van der Waals surface area contributed by atoms with Crippen LogP contribution in [0, 0.1) is 6.92 Å². The van der Waals surface area contributed by atoms with E-state index in [1.54, 1.807) is 18.2 Å². The maximum absolute atomic E-state index is 14.8. The monoisotopic (exact) mass is 504 g/mol.